The Bertz CT molecular complexity index is 461. The Morgan fingerprint density at radius 2 is 2.05 bits per heavy atom. The number of guanidine groups is 1. The van der Waals surface area contributed by atoms with Crippen molar-refractivity contribution in [1.29, 1.82) is 0 Å². The van der Waals surface area contributed by atoms with Crippen LogP contribution in [-0.4, -0.2) is 26.2 Å². The maximum absolute atomic E-state index is 5.88. The zero-order valence-corrected chi connectivity index (χ0v) is 16.1. The molecule has 0 spiro atoms. The van der Waals surface area contributed by atoms with Gasteiger partial charge in [0.2, 0.25) is 0 Å². The number of benzene rings is 1. The van der Waals surface area contributed by atoms with Gasteiger partial charge in [0.05, 0.1) is 6.61 Å². The quantitative estimate of drug-likeness (QED) is 0.294. The van der Waals surface area contributed by atoms with E-state index in [1.807, 2.05) is 18.2 Å². The van der Waals surface area contributed by atoms with Gasteiger partial charge < -0.3 is 15.4 Å². The van der Waals surface area contributed by atoms with E-state index in [0.29, 0.717) is 19.0 Å². The lowest BCUT2D eigenvalue weighted by Gasteiger charge is -2.14. The lowest BCUT2D eigenvalue weighted by molar-refractivity contribution is 0.286. The number of hydrogen-bond donors (Lipinski definition) is 2. The first-order valence-electron chi connectivity index (χ1n) is 7.43. The lowest BCUT2D eigenvalue weighted by atomic mass is 10.1. The minimum absolute atomic E-state index is 0. The van der Waals surface area contributed by atoms with Crippen molar-refractivity contribution < 1.29 is 4.74 Å². The summed E-state index contributed by atoms with van der Waals surface area (Å²) in [5.41, 5.74) is 1.13. The van der Waals surface area contributed by atoms with Gasteiger partial charge in [-0.25, -0.2) is 0 Å². The van der Waals surface area contributed by atoms with E-state index in [0.717, 1.165) is 30.3 Å². The molecule has 0 aromatic heterocycles. The summed E-state index contributed by atoms with van der Waals surface area (Å²) in [5.74, 6) is 2.34. The van der Waals surface area contributed by atoms with E-state index in [9.17, 15) is 0 Å². The first-order valence-corrected chi connectivity index (χ1v) is 7.43. The Balaban J connectivity index is 0.00000441. The van der Waals surface area contributed by atoms with Gasteiger partial charge in [-0.1, -0.05) is 38.1 Å². The molecular weight excluding hydrogens is 389 g/mol. The highest BCUT2D eigenvalue weighted by molar-refractivity contribution is 14.0. The van der Waals surface area contributed by atoms with E-state index >= 15 is 0 Å². The fraction of sp³-hybridized carbons (Fsp3) is 0.471. The number of nitrogens with zero attached hydrogens (tertiary/aromatic N) is 1. The van der Waals surface area contributed by atoms with Gasteiger partial charge in [0, 0.05) is 25.7 Å². The molecule has 0 saturated carbocycles. The lowest BCUT2D eigenvalue weighted by Crippen LogP contribution is -2.36. The van der Waals surface area contributed by atoms with Gasteiger partial charge >= 0.3 is 0 Å². The molecule has 0 unspecified atom stereocenters. The average molecular weight is 417 g/mol. The Labute approximate surface area is 151 Å². The largest absolute Gasteiger partial charge is 0.493 e. The molecule has 0 bridgehead atoms. The molecule has 5 heteroatoms. The van der Waals surface area contributed by atoms with Gasteiger partial charge in [-0.3, -0.25) is 4.99 Å². The van der Waals surface area contributed by atoms with Crippen LogP contribution in [0.25, 0.3) is 0 Å². The van der Waals surface area contributed by atoms with Crippen LogP contribution in [0.4, 0.5) is 0 Å². The third-order valence-electron chi connectivity index (χ3n) is 3.01. The smallest absolute Gasteiger partial charge is 0.191 e. The van der Waals surface area contributed by atoms with E-state index in [-0.39, 0.29) is 24.0 Å². The molecule has 0 aliphatic rings. The highest BCUT2D eigenvalue weighted by Crippen LogP contribution is 2.18. The molecule has 0 aliphatic carbocycles. The molecule has 0 atom stereocenters. The number of rotatable bonds is 8. The number of nitrogens with one attached hydrogen (secondary N) is 2. The van der Waals surface area contributed by atoms with Crippen LogP contribution in [0.5, 0.6) is 5.75 Å². The number of halogens is 1. The van der Waals surface area contributed by atoms with Crippen molar-refractivity contribution in [2.24, 2.45) is 10.9 Å². The molecule has 1 rings (SSSR count). The van der Waals surface area contributed by atoms with Crippen molar-refractivity contribution in [3.63, 3.8) is 0 Å². The molecule has 0 fully saturated rings. The molecule has 0 aliphatic heterocycles. The summed E-state index contributed by atoms with van der Waals surface area (Å²) in [4.78, 5) is 4.16. The molecule has 124 valence electrons. The molecule has 0 heterocycles. The maximum atomic E-state index is 5.88. The van der Waals surface area contributed by atoms with Crippen molar-refractivity contribution in [2.75, 3.05) is 20.2 Å². The highest BCUT2D eigenvalue weighted by Gasteiger charge is 2.04. The topological polar surface area (TPSA) is 45.7 Å². The summed E-state index contributed by atoms with van der Waals surface area (Å²) >= 11 is 0. The summed E-state index contributed by atoms with van der Waals surface area (Å²) < 4.78 is 5.88. The normalized spacial score (nSPS) is 10.8. The minimum atomic E-state index is 0. The maximum Gasteiger partial charge on any atom is 0.191 e. The zero-order valence-electron chi connectivity index (χ0n) is 13.8. The van der Waals surface area contributed by atoms with Crippen LogP contribution in [-0.2, 0) is 6.54 Å². The second kappa shape index (κ2) is 12.3. The van der Waals surface area contributed by atoms with Crippen LogP contribution < -0.4 is 15.4 Å². The summed E-state index contributed by atoms with van der Waals surface area (Å²) in [6, 6.07) is 8.10. The highest BCUT2D eigenvalue weighted by atomic mass is 127. The number of para-hydroxylation sites is 1. The van der Waals surface area contributed by atoms with E-state index < -0.39 is 0 Å². The van der Waals surface area contributed by atoms with E-state index in [2.05, 4.69) is 42.1 Å². The van der Waals surface area contributed by atoms with Gasteiger partial charge in [0.15, 0.2) is 5.96 Å². The van der Waals surface area contributed by atoms with E-state index in [4.69, 9.17) is 4.74 Å². The monoisotopic (exact) mass is 417 g/mol. The fourth-order valence-corrected chi connectivity index (χ4v) is 1.76. The molecular formula is C17H28IN3O. The van der Waals surface area contributed by atoms with Crippen LogP contribution in [0.1, 0.15) is 25.8 Å². The van der Waals surface area contributed by atoms with Gasteiger partial charge in [-0.2, -0.15) is 0 Å². The number of ether oxygens (including phenoxy) is 1. The molecule has 0 saturated heterocycles. The van der Waals surface area contributed by atoms with Crippen LogP contribution in [0.2, 0.25) is 0 Å². The Morgan fingerprint density at radius 3 is 2.68 bits per heavy atom. The number of hydrogen-bond acceptors (Lipinski definition) is 2. The molecule has 22 heavy (non-hydrogen) atoms. The fourth-order valence-electron chi connectivity index (χ4n) is 1.76. The van der Waals surface area contributed by atoms with Crippen molar-refractivity contribution in [2.45, 2.75) is 26.8 Å². The Hall–Kier alpha value is -1.24. The predicted molar refractivity (Wildman–Crippen MR) is 105 cm³/mol. The molecule has 0 amide bonds. The molecule has 0 radical (unpaired) electrons. The van der Waals surface area contributed by atoms with Gasteiger partial charge in [-0.05, 0) is 18.4 Å². The van der Waals surface area contributed by atoms with Crippen LogP contribution in [0, 0.1) is 5.92 Å². The first kappa shape index (κ1) is 20.8. The van der Waals surface area contributed by atoms with Crippen LogP contribution in [0.15, 0.2) is 41.9 Å². The third kappa shape index (κ3) is 8.26. The van der Waals surface area contributed by atoms with Crippen molar-refractivity contribution in [3.05, 3.63) is 42.5 Å². The van der Waals surface area contributed by atoms with Crippen LogP contribution >= 0.6 is 24.0 Å². The van der Waals surface area contributed by atoms with Crippen molar-refractivity contribution in [3.8, 4) is 5.75 Å². The molecule has 1 aromatic rings. The predicted octanol–water partition coefficient (Wildman–Crippen LogP) is 3.58. The summed E-state index contributed by atoms with van der Waals surface area (Å²) in [7, 11) is 1.75. The molecule has 1 aromatic carbocycles. The summed E-state index contributed by atoms with van der Waals surface area (Å²) in [6.45, 7) is 10.2. The van der Waals surface area contributed by atoms with Gasteiger partial charge in [-0.15, -0.1) is 30.6 Å². The van der Waals surface area contributed by atoms with Gasteiger partial charge in [0.25, 0.3) is 0 Å². The first-order chi connectivity index (χ1) is 10.2. The van der Waals surface area contributed by atoms with E-state index in [1.54, 1.807) is 13.1 Å². The minimum Gasteiger partial charge on any atom is -0.493 e. The summed E-state index contributed by atoms with van der Waals surface area (Å²) in [5, 5.41) is 6.42. The van der Waals surface area contributed by atoms with Crippen molar-refractivity contribution in [1.82, 2.24) is 10.6 Å². The Kier molecular flexibility index (Phi) is 11.6. The zero-order chi connectivity index (χ0) is 15.5. The van der Waals surface area contributed by atoms with Crippen LogP contribution in [0.3, 0.4) is 0 Å². The standard InChI is InChI=1S/C17H27N3O.HI/c1-5-11-19-17(18-4)20-13-15-8-6-7-9-16(15)21-12-10-14(2)3;/h5-9,14H,1,10-13H2,2-4H3,(H2,18,19,20);1H. The number of aliphatic imine (C=N–C) groups is 1. The second-order valence-corrected chi connectivity index (χ2v) is 5.23. The summed E-state index contributed by atoms with van der Waals surface area (Å²) in [6.07, 6.45) is 2.86. The average Bonchev–Trinajstić information content (AvgIpc) is 2.48. The van der Waals surface area contributed by atoms with Gasteiger partial charge in [0.1, 0.15) is 5.75 Å². The Morgan fingerprint density at radius 1 is 1.32 bits per heavy atom. The SMILES string of the molecule is C=CCNC(=NC)NCc1ccccc1OCCC(C)C.I. The van der Waals surface area contributed by atoms with E-state index in [1.165, 1.54) is 0 Å². The molecule has 2 N–H and O–H groups in total. The third-order valence-corrected chi connectivity index (χ3v) is 3.01. The van der Waals surface area contributed by atoms with Crippen molar-refractivity contribution >= 4 is 29.9 Å². The second-order valence-electron chi connectivity index (χ2n) is 5.23. The molecule has 4 nitrogen and oxygen atoms in total.